The summed E-state index contributed by atoms with van der Waals surface area (Å²) in [5.74, 6) is -2.54. The van der Waals surface area contributed by atoms with E-state index in [1.165, 1.54) is 27.7 Å². The monoisotopic (exact) mass is 540 g/mol. The fourth-order valence-electron chi connectivity index (χ4n) is 3.50. The molecule has 0 aliphatic carbocycles. The fraction of sp³-hybridized carbons (Fsp3) is 0.625. The van der Waals surface area contributed by atoms with E-state index in [4.69, 9.17) is 4.74 Å². The van der Waals surface area contributed by atoms with Gasteiger partial charge in [-0.2, -0.15) is 0 Å². The highest BCUT2D eigenvalue weighted by Gasteiger charge is 2.33. The first-order valence-corrected chi connectivity index (χ1v) is 14.5. The van der Waals surface area contributed by atoms with E-state index in [2.05, 4.69) is 21.3 Å². The number of rotatable bonds is 2. The summed E-state index contributed by atoms with van der Waals surface area (Å²) in [5.41, 5.74) is -0.0445. The van der Waals surface area contributed by atoms with Crippen LogP contribution in [0.4, 0.5) is 0 Å². The van der Waals surface area contributed by atoms with Crippen LogP contribution in [-0.4, -0.2) is 65.3 Å². The van der Waals surface area contributed by atoms with Crippen LogP contribution in [0.25, 0.3) is 0 Å². The largest absolute Gasteiger partial charge is 0.456 e. The molecule has 4 amide bonds. The maximum absolute atomic E-state index is 13.2. The Morgan fingerprint density at radius 2 is 1.64 bits per heavy atom. The fourth-order valence-corrected chi connectivity index (χ4v) is 5.66. The molecule has 200 valence electrons. The van der Waals surface area contributed by atoms with Gasteiger partial charge in [0.15, 0.2) is 0 Å². The van der Waals surface area contributed by atoms with Crippen LogP contribution in [0.5, 0.6) is 0 Å². The highest BCUT2D eigenvalue weighted by Crippen LogP contribution is 2.24. The molecule has 2 heterocycles. The van der Waals surface area contributed by atoms with Crippen molar-refractivity contribution >= 4 is 51.2 Å². The smallest absolute Gasteiger partial charge is 0.329 e. The lowest BCUT2D eigenvalue weighted by Crippen LogP contribution is -2.57. The molecule has 2 aliphatic heterocycles. The predicted octanol–water partition coefficient (Wildman–Crippen LogP) is 1.43. The number of carbonyl (C=O) groups is 5. The van der Waals surface area contributed by atoms with Crippen molar-refractivity contribution in [3.05, 3.63) is 23.9 Å². The lowest BCUT2D eigenvalue weighted by Gasteiger charge is -2.27. The molecule has 4 atom stereocenters. The van der Waals surface area contributed by atoms with Crippen molar-refractivity contribution in [3.8, 4) is 0 Å². The van der Waals surface area contributed by atoms with Crippen LogP contribution in [0, 0.1) is 11.8 Å². The second kappa shape index (κ2) is 14.3. The Morgan fingerprint density at radius 3 is 2.28 bits per heavy atom. The number of amides is 4. The van der Waals surface area contributed by atoms with Gasteiger partial charge in [-0.15, -0.1) is 0 Å². The SMILES string of the molecule is C/C=C1/NC(=O)[C@H]2CSSCC/C=C\[C@H](CC(=O)N[C@H](C(C)C)C(=O)N2)OC(=O)[C@H](C(C)C)NC1=O. The van der Waals surface area contributed by atoms with Gasteiger partial charge in [0.25, 0.3) is 5.91 Å². The standard InChI is InChI=1S/C24H36N4O6S2/c1-6-16-21(30)28-20(14(4)5)24(33)34-15-9-7-8-10-35-36-12-17(22(31)25-16)26-23(32)19(13(2)3)27-18(29)11-15/h6-7,9,13-15,17,19-20H,8,10-12H2,1-5H3,(H,25,31)(H,26,32)(H,27,29)(H,28,30)/b9-7-,16-6+/t15-,17-,19-,20+/m1/s1. The van der Waals surface area contributed by atoms with Gasteiger partial charge < -0.3 is 26.0 Å². The van der Waals surface area contributed by atoms with Gasteiger partial charge in [-0.3, -0.25) is 19.2 Å². The van der Waals surface area contributed by atoms with Crippen LogP contribution in [0.1, 0.15) is 47.5 Å². The number of hydrogen-bond acceptors (Lipinski definition) is 8. The van der Waals surface area contributed by atoms with Crippen molar-refractivity contribution < 1.29 is 28.7 Å². The van der Waals surface area contributed by atoms with Crippen LogP contribution in [0.2, 0.25) is 0 Å². The molecule has 2 rings (SSSR count). The molecule has 10 nitrogen and oxygen atoms in total. The number of allylic oxidation sites excluding steroid dienone is 2. The molecule has 2 bridgehead atoms. The van der Waals surface area contributed by atoms with Crippen molar-refractivity contribution in [3.63, 3.8) is 0 Å². The highest BCUT2D eigenvalue weighted by molar-refractivity contribution is 8.76. The van der Waals surface area contributed by atoms with Gasteiger partial charge in [-0.1, -0.05) is 61.4 Å². The zero-order chi connectivity index (χ0) is 26.8. The van der Waals surface area contributed by atoms with Crippen LogP contribution in [-0.2, 0) is 28.7 Å². The van der Waals surface area contributed by atoms with E-state index in [-0.39, 0.29) is 29.7 Å². The van der Waals surface area contributed by atoms with E-state index in [9.17, 15) is 24.0 Å². The summed E-state index contributed by atoms with van der Waals surface area (Å²) in [4.78, 5) is 65.2. The van der Waals surface area contributed by atoms with E-state index in [0.29, 0.717) is 12.2 Å². The first kappa shape index (κ1) is 29.8. The second-order valence-corrected chi connectivity index (χ2v) is 11.9. The summed E-state index contributed by atoms with van der Waals surface area (Å²) >= 11 is 0. The molecule has 0 aromatic heterocycles. The molecule has 0 spiro atoms. The topological polar surface area (TPSA) is 143 Å². The summed E-state index contributed by atoms with van der Waals surface area (Å²) in [7, 11) is 2.95. The van der Waals surface area contributed by atoms with Crippen LogP contribution in [0.3, 0.4) is 0 Å². The van der Waals surface area contributed by atoms with Gasteiger partial charge in [0.2, 0.25) is 17.7 Å². The summed E-state index contributed by atoms with van der Waals surface area (Å²) in [5, 5.41) is 10.7. The number of nitrogens with one attached hydrogen (secondary N) is 4. The van der Waals surface area contributed by atoms with E-state index in [0.717, 1.165) is 0 Å². The van der Waals surface area contributed by atoms with Crippen molar-refractivity contribution in [2.24, 2.45) is 11.8 Å². The summed E-state index contributed by atoms with van der Waals surface area (Å²) < 4.78 is 5.65. The third-order valence-corrected chi connectivity index (χ3v) is 8.03. The van der Waals surface area contributed by atoms with Crippen molar-refractivity contribution in [1.29, 1.82) is 0 Å². The number of ether oxygens (including phenoxy) is 1. The normalized spacial score (nSPS) is 29.6. The Balaban J connectivity index is 2.55. The van der Waals surface area contributed by atoms with E-state index in [1.54, 1.807) is 40.7 Å². The van der Waals surface area contributed by atoms with Crippen molar-refractivity contribution in [2.75, 3.05) is 11.5 Å². The Kier molecular flexibility index (Phi) is 11.8. The van der Waals surface area contributed by atoms with E-state index >= 15 is 0 Å². The predicted molar refractivity (Wildman–Crippen MR) is 141 cm³/mol. The lowest BCUT2D eigenvalue weighted by atomic mass is 10.0. The molecular weight excluding hydrogens is 504 g/mol. The summed E-state index contributed by atoms with van der Waals surface area (Å²) in [6.45, 7) is 8.66. The van der Waals surface area contributed by atoms with Crippen molar-refractivity contribution in [2.45, 2.75) is 71.7 Å². The minimum atomic E-state index is -1.00. The van der Waals surface area contributed by atoms with E-state index in [1.807, 2.05) is 6.08 Å². The number of fused-ring (bicyclic) bond motifs is 7. The molecular formula is C24H36N4O6S2. The Labute approximate surface area is 220 Å². The zero-order valence-corrected chi connectivity index (χ0v) is 22.9. The third kappa shape index (κ3) is 8.88. The molecule has 2 aliphatic rings. The van der Waals surface area contributed by atoms with Gasteiger partial charge in [0, 0.05) is 11.5 Å². The number of carbonyl (C=O) groups excluding carboxylic acids is 5. The van der Waals surface area contributed by atoms with Gasteiger partial charge in [-0.25, -0.2) is 4.79 Å². The Hall–Kier alpha value is -2.47. The molecule has 0 radical (unpaired) electrons. The average molecular weight is 541 g/mol. The van der Waals surface area contributed by atoms with E-state index < -0.39 is 53.8 Å². The van der Waals surface area contributed by atoms with Crippen LogP contribution < -0.4 is 21.3 Å². The molecule has 36 heavy (non-hydrogen) atoms. The average Bonchev–Trinajstić information content (AvgIpc) is 2.81. The number of esters is 1. The quantitative estimate of drug-likeness (QED) is 0.178. The highest BCUT2D eigenvalue weighted by atomic mass is 33.1. The molecule has 0 unspecified atom stereocenters. The molecule has 0 aromatic rings. The number of hydrogen-bond donors (Lipinski definition) is 4. The zero-order valence-electron chi connectivity index (χ0n) is 21.3. The minimum Gasteiger partial charge on any atom is -0.456 e. The first-order chi connectivity index (χ1) is 17.0. The van der Waals surface area contributed by atoms with Gasteiger partial charge in [-0.05, 0) is 31.3 Å². The Morgan fingerprint density at radius 1 is 0.944 bits per heavy atom. The van der Waals surface area contributed by atoms with Crippen LogP contribution in [0.15, 0.2) is 23.9 Å². The van der Waals surface area contributed by atoms with Gasteiger partial charge in [0.1, 0.15) is 29.9 Å². The third-order valence-electron chi connectivity index (χ3n) is 5.59. The molecule has 0 aromatic carbocycles. The van der Waals surface area contributed by atoms with Gasteiger partial charge in [0.05, 0.1) is 6.42 Å². The first-order valence-electron chi connectivity index (χ1n) is 12.0. The second-order valence-electron chi connectivity index (χ2n) is 9.24. The van der Waals surface area contributed by atoms with Crippen molar-refractivity contribution in [1.82, 2.24) is 21.3 Å². The summed E-state index contributed by atoms with van der Waals surface area (Å²) in [6, 6.07) is -2.86. The Bertz CT molecular complexity index is 905. The molecule has 4 N–H and O–H groups in total. The van der Waals surface area contributed by atoms with Crippen LogP contribution >= 0.6 is 21.6 Å². The lowest BCUT2D eigenvalue weighted by molar-refractivity contribution is -0.153. The van der Waals surface area contributed by atoms with Gasteiger partial charge >= 0.3 is 5.97 Å². The molecule has 0 saturated carbocycles. The maximum atomic E-state index is 13.2. The molecule has 1 saturated heterocycles. The molecule has 1 fully saturated rings. The summed E-state index contributed by atoms with van der Waals surface area (Å²) in [6.07, 6.45) is 4.51. The molecule has 12 heteroatoms. The maximum Gasteiger partial charge on any atom is 0.329 e. The minimum absolute atomic E-state index is 0.0445.